The van der Waals surface area contributed by atoms with E-state index in [1.54, 1.807) is 37.3 Å². The Morgan fingerprint density at radius 1 is 1.10 bits per heavy atom. The van der Waals surface area contributed by atoms with Crippen molar-refractivity contribution in [3.05, 3.63) is 89.4 Å². The third-order valence-corrected chi connectivity index (χ3v) is 4.71. The van der Waals surface area contributed by atoms with Gasteiger partial charge in [-0.25, -0.2) is 18.6 Å². The molecule has 4 nitrogen and oxygen atoms in total. The van der Waals surface area contributed by atoms with E-state index in [0.717, 1.165) is 6.20 Å². The summed E-state index contributed by atoms with van der Waals surface area (Å²) in [5, 5.41) is 0. The molecule has 7 heteroatoms. The molecule has 2 aromatic rings. The highest BCUT2D eigenvalue weighted by atomic mass is 19.1. The van der Waals surface area contributed by atoms with Crippen LogP contribution >= 0.6 is 0 Å². The van der Waals surface area contributed by atoms with Crippen LogP contribution in [0.2, 0.25) is 0 Å². The van der Waals surface area contributed by atoms with E-state index < -0.39 is 23.7 Å². The van der Waals surface area contributed by atoms with Gasteiger partial charge >= 0.3 is 5.97 Å². The Bertz CT molecular complexity index is 1030. The quantitative estimate of drug-likeness (QED) is 0.432. The minimum absolute atomic E-state index is 0.0429. The van der Waals surface area contributed by atoms with Crippen LogP contribution in [0.4, 0.5) is 13.2 Å². The summed E-state index contributed by atoms with van der Waals surface area (Å²) in [4.78, 5) is 18.1. The van der Waals surface area contributed by atoms with Crippen molar-refractivity contribution < 1.29 is 22.7 Å². The second-order valence-electron chi connectivity index (χ2n) is 7.28. The molecule has 0 saturated carbocycles. The lowest BCUT2D eigenvalue weighted by Crippen LogP contribution is -2.36. The number of amidine groups is 1. The Balaban J connectivity index is 2.13. The molecule has 0 fully saturated rings. The minimum atomic E-state index is -1.07. The van der Waals surface area contributed by atoms with Gasteiger partial charge in [-0.2, -0.15) is 4.39 Å². The molecule has 0 saturated heterocycles. The fraction of sp³-hybridized carbons (Fsp3) is 0.250. The molecular weight excluding hydrogens is 405 g/mol. The second kappa shape index (κ2) is 9.64. The number of carbonyl (C=O) groups is 1. The number of ether oxygens (including phenoxy) is 1. The van der Waals surface area contributed by atoms with Crippen molar-refractivity contribution in [2.75, 3.05) is 6.61 Å². The molecule has 1 aliphatic heterocycles. The molecule has 0 aromatic heterocycles. The van der Waals surface area contributed by atoms with Gasteiger partial charge in [0.2, 0.25) is 5.83 Å². The number of rotatable bonds is 6. The maximum Gasteiger partial charge on any atom is 0.368 e. The van der Waals surface area contributed by atoms with Crippen LogP contribution in [-0.4, -0.2) is 23.3 Å². The van der Waals surface area contributed by atoms with Crippen molar-refractivity contribution in [3.63, 3.8) is 0 Å². The zero-order valence-electron chi connectivity index (χ0n) is 17.5. The van der Waals surface area contributed by atoms with E-state index in [2.05, 4.69) is 4.99 Å². The maximum atomic E-state index is 14.6. The fourth-order valence-electron chi connectivity index (χ4n) is 3.24. The Kier molecular flexibility index (Phi) is 6.95. The predicted molar refractivity (Wildman–Crippen MR) is 113 cm³/mol. The lowest BCUT2D eigenvalue weighted by Gasteiger charge is -2.35. The normalized spacial score (nSPS) is 16.8. The van der Waals surface area contributed by atoms with Gasteiger partial charge in [-0.1, -0.05) is 26.0 Å². The fourth-order valence-corrected chi connectivity index (χ4v) is 3.24. The highest BCUT2D eigenvalue weighted by Crippen LogP contribution is 2.35. The number of aliphatic imine (C=N–C) groups is 1. The molecule has 162 valence electrons. The molecule has 1 aliphatic rings. The Hall–Kier alpha value is -3.35. The Morgan fingerprint density at radius 2 is 1.68 bits per heavy atom. The van der Waals surface area contributed by atoms with Crippen molar-refractivity contribution in [2.24, 2.45) is 10.9 Å². The molecule has 0 radical (unpaired) electrons. The first-order valence-corrected chi connectivity index (χ1v) is 9.94. The van der Waals surface area contributed by atoms with Gasteiger partial charge in [-0.05, 0) is 55.0 Å². The molecule has 0 amide bonds. The van der Waals surface area contributed by atoms with Crippen molar-refractivity contribution in [3.8, 4) is 0 Å². The van der Waals surface area contributed by atoms with Crippen molar-refractivity contribution >= 4 is 17.5 Å². The second-order valence-corrected chi connectivity index (χ2v) is 7.28. The van der Waals surface area contributed by atoms with Crippen LogP contribution in [0.5, 0.6) is 0 Å². The molecule has 1 atom stereocenters. The van der Waals surface area contributed by atoms with Crippen LogP contribution in [0, 0.1) is 17.6 Å². The largest absolute Gasteiger partial charge is 0.461 e. The standard InChI is InChI=1S/C24H23F3N2O2/c1-4-31-24(30)20(27)14-29-22(17-7-11-19(26)12-8-17)13-21(28-23(29)15(2)3)16-5-9-18(25)10-6-16/h5-15,22H,4H2,1-3H3. The average Bonchev–Trinajstić information content (AvgIpc) is 2.75. The number of benzene rings is 2. The van der Waals surface area contributed by atoms with E-state index >= 15 is 0 Å². The molecule has 3 rings (SSSR count). The summed E-state index contributed by atoms with van der Waals surface area (Å²) < 4.78 is 46.2. The summed E-state index contributed by atoms with van der Waals surface area (Å²) in [5.41, 5.74) is 1.92. The van der Waals surface area contributed by atoms with Crippen molar-refractivity contribution in [1.82, 2.24) is 4.90 Å². The summed E-state index contributed by atoms with van der Waals surface area (Å²) in [6.07, 6.45) is 2.82. The van der Waals surface area contributed by atoms with E-state index in [-0.39, 0.29) is 18.3 Å². The molecule has 1 unspecified atom stereocenters. The van der Waals surface area contributed by atoms with E-state index in [9.17, 15) is 18.0 Å². The van der Waals surface area contributed by atoms with Crippen molar-refractivity contribution in [1.29, 1.82) is 0 Å². The smallest absolute Gasteiger partial charge is 0.368 e. The third kappa shape index (κ3) is 5.23. The van der Waals surface area contributed by atoms with Gasteiger partial charge in [0.1, 0.15) is 17.5 Å². The third-order valence-electron chi connectivity index (χ3n) is 4.71. The summed E-state index contributed by atoms with van der Waals surface area (Å²) >= 11 is 0. The number of esters is 1. The van der Waals surface area contributed by atoms with E-state index in [1.165, 1.54) is 29.2 Å². The summed E-state index contributed by atoms with van der Waals surface area (Å²) in [6.45, 7) is 5.40. The molecule has 0 bridgehead atoms. The van der Waals surface area contributed by atoms with Gasteiger partial charge in [-0.3, -0.25) is 0 Å². The summed E-state index contributed by atoms with van der Waals surface area (Å²) in [6, 6.07) is 11.1. The van der Waals surface area contributed by atoms with Gasteiger partial charge in [0.25, 0.3) is 0 Å². The first kappa shape index (κ1) is 22.3. The average molecular weight is 428 g/mol. The predicted octanol–water partition coefficient (Wildman–Crippen LogP) is 5.79. The number of halogens is 3. The lowest BCUT2D eigenvalue weighted by atomic mass is 9.98. The highest BCUT2D eigenvalue weighted by molar-refractivity contribution is 5.94. The van der Waals surface area contributed by atoms with E-state index in [0.29, 0.717) is 22.7 Å². The number of hydrogen-bond donors (Lipinski definition) is 0. The molecule has 2 aromatic carbocycles. The number of hydrogen-bond acceptors (Lipinski definition) is 4. The molecule has 0 aliphatic carbocycles. The monoisotopic (exact) mass is 428 g/mol. The number of nitrogens with zero attached hydrogens (tertiary/aromatic N) is 2. The minimum Gasteiger partial charge on any atom is -0.461 e. The van der Waals surface area contributed by atoms with Gasteiger partial charge in [0, 0.05) is 17.7 Å². The first-order valence-electron chi connectivity index (χ1n) is 9.94. The van der Waals surface area contributed by atoms with Gasteiger partial charge in [0.15, 0.2) is 0 Å². The molecule has 31 heavy (non-hydrogen) atoms. The van der Waals surface area contributed by atoms with Crippen LogP contribution in [0.25, 0.3) is 5.70 Å². The summed E-state index contributed by atoms with van der Waals surface area (Å²) in [5.74, 6) is -2.56. The zero-order chi connectivity index (χ0) is 22.5. The van der Waals surface area contributed by atoms with Gasteiger partial charge in [-0.15, -0.1) is 0 Å². The Labute approximate surface area is 179 Å². The highest BCUT2D eigenvalue weighted by Gasteiger charge is 2.29. The first-order chi connectivity index (χ1) is 14.8. The zero-order valence-corrected chi connectivity index (χ0v) is 17.5. The van der Waals surface area contributed by atoms with Gasteiger partial charge in [0.05, 0.1) is 18.3 Å². The molecule has 1 heterocycles. The molecule has 0 spiro atoms. The SMILES string of the molecule is CCOC(=O)C(F)=CN1C(C(C)C)=NC(c2ccc(F)cc2)=CC1c1ccc(F)cc1. The molecule has 0 N–H and O–H groups in total. The topological polar surface area (TPSA) is 41.9 Å². The summed E-state index contributed by atoms with van der Waals surface area (Å²) in [7, 11) is 0. The number of carbonyl (C=O) groups excluding carboxylic acids is 1. The van der Waals surface area contributed by atoms with E-state index in [1.807, 2.05) is 13.8 Å². The van der Waals surface area contributed by atoms with Gasteiger partial charge < -0.3 is 9.64 Å². The van der Waals surface area contributed by atoms with Crippen LogP contribution < -0.4 is 0 Å². The van der Waals surface area contributed by atoms with Crippen molar-refractivity contribution in [2.45, 2.75) is 26.8 Å². The van der Waals surface area contributed by atoms with Crippen LogP contribution in [-0.2, 0) is 9.53 Å². The van der Waals surface area contributed by atoms with Crippen LogP contribution in [0.15, 0.2) is 71.6 Å². The van der Waals surface area contributed by atoms with Crippen LogP contribution in [0.3, 0.4) is 0 Å². The van der Waals surface area contributed by atoms with E-state index in [4.69, 9.17) is 4.74 Å². The maximum absolute atomic E-state index is 14.6. The molecular formula is C24H23F3N2O2. The van der Waals surface area contributed by atoms with Crippen LogP contribution in [0.1, 0.15) is 37.9 Å². The Morgan fingerprint density at radius 3 is 2.23 bits per heavy atom. The lowest BCUT2D eigenvalue weighted by molar-refractivity contribution is -0.140.